The van der Waals surface area contributed by atoms with Crippen molar-refractivity contribution < 1.29 is 14.6 Å². The third kappa shape index (κ3) is 1.69. The van der Waals surface area contributed by atoms with Crippen molar-refractivity contribution in [2.75, 3.05) is 0 Å². The molecule has 1 aliphatic rings. The molecule has 3 rings (SSSR count). The first-order valence-corrected chi connectivity index (χ1v) is 5.77. The average Bonchev–Trinajstić information content (AvgIpc) is 3.19. The lowest BCUT2D eigenvalue weighted by Crippen LogP contribution is -2.13. The van der Waals surface area contributed by atoms with Gasteiger partial charge in [0.2, 0.25) is 0 Å². The van der Waals surface area contributed by atoms with Gasteiger partial charge < -0.3 is 9.84 Å². The fourth-order valence-corrected chi connectivity index (χ4v) is 2.06. The third-order valence-corrected chi connectivity index (χ3v) is 3.17. The maximum Gasteiger partial charge on any atom is 0.196 e. The number of hydrogen-bond donors (Lipinski definition) is 1. The number of benzene rings is 2. The van der Waals surface area contributed by atoms with E-state index >= 15 is 0 Å². The van der Waals surface area contributed by atoms with Crippen LogP contribution in [-0.2, 0) is 0 Å². The highest BCUT2D eigenvalue weighted by atomic mass is 16.6. The minimum absolute atomic E-state index is 0.294. The van der Waals surface area contributed by atoms with Crippen LogP contribution in [0.25, 0.3) is 0 Å². The third-order valence-electron chi connectivity index (χ3n) is 3.17. The summed E-state index contributed by atoms with van der Waals surface area (Å²) < 4.78 is 5.21. The predicted molar refractivity (Wildman–Crippen MR) is 67.0 cm³/mol. The van der Waals surface area contributed by atoms with Crippen molar-refractivity contribution in [3.8, 4) is 11.5 Å². The summed E-state index contributed by atoms with van der Waals surface area (Å²) >= 11 is 0. The minimum Gasteiger partial charge on any atom is -0.449 e. The lowest BCUT2D eigenvalue weighted by Gasteiger charge is -2.10. The van der Waals surface area contributed by atoms with Gasteiger partial charge in [-0.1, -0.05) is 30.3 Å². The molecule has 1 N–H and O–H groups in total. The summed E-state index contributed by atoms with van der Waals surface area (Å²) in [5.74, 6) is 1.29. The van der Waals surface area contributed by atoms with E-state index in [0.717, 1.165) is 17.1 Å². The topological polar surface area (TPSA) is 49.8 Å². The van der Waals surface area contributed by atoms with E-state index < -0.39 is 6.10 Å². The van der Waals surface area contributed by atoms with Gasteiger partial charge in [0.15, 0.2) is 17.3 Å². The van der Waals surface area contributed by atoms with Gasteiger partial charge in [-0.05, 0) is 24.6 Å². The Bertz CT molecular complexity index is 617. The molecule has 0 radical (unpaired) electrons. The Morgan fingerprint density at radius 2 is 1.89 bits per heavy atom. The molecule has 1 heterocycles. The smallest absolute Gasteiger partial charge is 0.196 e. The number of aliphatic hydroxyl groups is 1. The number of carbonyl (C=O) groups is 1. The number of ketones is 1. The normalized spacial score (nSPS) is 13.4. The van der Waals surface area contributed by atoms with E-state index in [1.807, 2.05) is 13.0 Å². The van der Waals surface area contributed by atoms with Crippen molar-refractivity contribution in [1.29, 1.82) is 0 Å². The Morgan fingerprint density at radius 3 is 2.61 bits per heavy atom. The van der Waals surface area contributed by atoms with E-state index in [1.54, 1.807) is 36.4 Å². The van der Waals surface area contributed by atoms with Crippen LogP contribution in [0.2, 0.25) is 0 Å². The summed E-state index contributed by atoms with van der Waals surface area (Å²) in [7, 11) is 0. The molecule has 0 amide bonds. The Morgan fingerprint density at radius 1 is 1.17 bits per heavy atom. The van der Waals surface area contributed by atoms with E-state index in [1.165, 1.54) is 0 Å². The van der Waals surface area contributed by atoms with Crippen LogP contribution in [0.5, 0.6) is 11.5 Å². The number of Topliss-reactive ketones (excluding diaryl/α,β-unsaturated/α-hetero) is 1. The number of hydrogen-bond acceptors (Lipinski definition) is 3. The molecule has 0 saturated heterocycles. The Labute approximate surface area is 105 Å². The molecule has 3 nitrogen and oxygen atoms in total. The first-order chi connectivity index (χ1) is 8.68. The van der Waals surface area contributed by atoms with Gasteiger partial charge in [-0.25, -0.2) is 0 Å². The summed E-state index contributed by atoms with van der Waals surface area (Å²) in [4.78, 5) is 12.2. The molecule has 90 valence electrons. The molecule has 0 saturated carbocycles. The SMILES string of the molecule is Cc1c(C(=O)C(O)c2ccccc2)ccc2c1O2. The number of aliphatic hydroxyl groups excluding tert-OH is 1. The summed E-state index contributed by atoms with van der Waals surface area (Å²) in [5, 5.41) is 10.1. The van der Waals surface area contributed by atoms with Crippen molar-refractivity contribution in [3.05, 3.63) is 59.2 Å². The Kier molecular flexibility index (Phi) is 2.42. The van der Waals surface area contributed by atoms with Gasteiger partial charge in [-0.3, -0.25) is 4.79 Å². The standard InChI is InChI=1S/C15H12O3/c1-9-11(7-8-12-15(9)18-12)14(17)13(16)10-5-3-2-4-6-10/h2-8,13,16H,1H3. The largest absolute Gasteiger partial charge is 0.449 e. The van der Waals surface area contributed by atoms with Crippen LogP contribution in [-0.4, -0.2) is 10.9 Å². The molecule has 0 fully saturated rings. The van der Waals surface area contributed by atoms with Crippen molar-refractivity contribution in [2.24, 2.45) is 0 Å². The van der Waals surface area contributed by atoms with Gasteiger partial charge in [0.05, 0.1) is 0 Å². The van der Waals surface area contributed by atoms with Crippen LogP contribution in [0.3, 0.4) is 0 Å². The zero-order chi connectivity index (χ0) is 12.7. The molecule has 18 heavy (non-hydrogen) atoms. The van der Waals surface area contributed by atoms with E-state index in [4.69, 9.17) is 4.74 Å². The molecule has 1 unspecified atom stereocenters. The highest BCUT2D eigenvalue weighted by molar-refractivity contribution is 6.02. The highest BCUT2D eigenvalue weighted by Crippen LogP contribution is 2.49. The van der Waals surface area contributed by atoms with E-state index in [9.17, 15) is 9.90 Å². The van der Waals surface area contributed by atoms with Crippen LogP contribution in [0, 0.1) is 6.92 Å². The molecule has 3 heteroatoms. The number of ether oxygens (including phenoxy) is 1. The number of rotatable bonds is 3. The maximum atomic E-state index is 12.2. The fourth-order valence-electron chi connectivity index (χ4n) is 2.06. The molecule has 1 atom stereocenters. The van der Waals surface area contributed by atoms with Crippen molar-refractivity contribution in [3.63, 3.8) is 0 Å². The first-order valence-electron chi connectivity index (χ1n) is 5.77. The molecule has 1 aliphatic heterocycles. The predicted octanol–water partition coefficient (Wildman–Crippen LogP) is 3.02. The van der Waals surface area contributed by atoms with Crippen molar-refractivity contribution in [2.45, 2.75) is 13.0 Å². The second-order valence-corrected chi connectivity index (χ2v) is 4.34. The molecule has 0 aromatic heterocycles. The van der Waals surface area contributed by atoms with Crippen molar-refractivity contribution >= 4 is 5.78 Å². The summed E-state index contributed by atoms with van der Waals surface area (Å²) in [6.45, 7) is 1.83. The van der Waals surface area contributed by atoms with Crippen LogP contribution in [0.15, 0.2) is 42.5 Å². The van der Waals surface area contributed by atoms with Gasteiger partial charge in [-0.2, -0.15) is 0 Å². The van der Waals surface area contributed by atoms with Gasteiger partial charge in [0, 0.05) is 11.1 Å². The van der Waals surface area contributed by atoms with Gasteiger partial charge >= 0.3 is 0 Å². The maximum absolute atomic E-state index is 12.2. The summed E-state index contributed by atoms with van der Waals surface area (Å²) in [6.07, 6.45) is -1.12. The molecule has 0 bridgehead atoms. The highest BCUT2D eigenvalue weighted by Gasteiger charge is 2.29. The Hall–Kier alpha value is -2.13. The zero-order valence-electron chi connectivity index (χ0n) is 9.88. The fraction of sp³-hybridized carbons (Fsp3) is 0.133. The first kappa shape index (κ1) is 11.0. The lowest BCUT2D eigenvalue weighted by atomic mass is 9.97. The van der Waals surface area contributed by atoms with Crippen molar-refractivity contribution in [1.82, 2.24) is 0 Å². The minimum atomic E-state index is -1.12. The van der Waals surface area contributed by atoms with Crippen LogP contribution >= 0.6 is 0 Å². The van der Waals surface area contributed by atoms with Crippen LogP contribution < -0.4 is 4.74 Å². The van der Waals surface area contributed by atoms with Gasteiger partial charge in [-0.15, -0.1) is 0 Å². The molecule has 0 aliphatic carbocycles. The average molecular weight is 240 g/mol. The Balaban J connectivity index is 1.94. The molecule has 0 spiro atoms. The quantitative estimate of drug-likeness (QED) is 0.565. The van der Waals surface area contributed by atoms with E-state index in [2.05, 4.69) is 0 Å². The number of carbonyl (C=O) groups excluding carboxylic acids is 1. The van der Waals surface area contributed by atoms with Gasteiger partial charge in [0.25, 0.3) is 0 Å². The molecular weight excluding hydrogens is 228 g/mol. The molecule has 2 aromatic carbocycles. The van der Waals surface area contributed by atoms with Crippen LogP contribution in [0.4, 0.5) is 0 Å². The summed E-state index contributed by atoms with van der Waals surface area (Å²) in [6, 6.07) is 12.4. The molecule has 2 aromatic rings. The second-order valence-electron chi connectivity index (χ2n) is 4.34. The molecular formula is C15H12O3. The van der Waals surface area contributed by atoms with Crippen LogP contribution in [0.1, 0.15) is 27.6 Å². The second kappa shape index (κ2) is 3.96. The lowest BCUT2D eigenvalue weighted by molar-refractivity contribution is 0.0747. The van der Waals surface area contributed by atoms with Gasteiger partial charge in [0.1, 0.15) is 6.10 Å². The summed E-state index contributed by atoms with van der Waals surface area (Å²) in [5.41, 5.74) is 1.92. The zero-order valence-corrected chi connectivity index (χ0v) is 9.88. The number of fused-ring (bicyclic) bond motifs is 1. The monoisotopic (exact) mass is 240 g/mol. The van der Waals surface area contributed by atoms with E-state index in [-0.39, 0.29) is 5.78 Å². The van der Waals surface area contributed by atoms with E-state index in [0.29, 0.717) is 11.1 Å².